The molecule has 7 nitrogen and oxygen atoms in total. The van der Waals surface area contributed by atoms with Crippen LogP contribution in [0.4, 0.5) is 0 Å². The number of amides is 1. The van der Waals surface area contributed by atoms with Gasteiger partial charge in [0.15, 0.2) is 6.04 Å². The van der Waals surface area contributed by atoms with Gasteiger partial charge in [0.05, 0.1) is 26.4 Å². The van der Waals surface area contributed by atoms with Crippen molar-refractivity contribution >= 4 is 11.9 Å². The third kappa shape index (κ3) is 3.59. The van der Waals surface area contributed by atoms with Gasteiger partial charge in [-0.3, -0.25) is 4.79 Å². The van der Waals surface area contributed by atoms with Crippen LogP contribution in [0, 0.1) is 0 Å². The molecular weight excluding hydrogens is 254 g/mol. The van der Waals surface area contributed by atoms with Crippen LogP contribution in [0.3, 0.4) is 0 Å². The number of nitrogens with one attached hydrogen (secondary N) is 1. The zero-order chi connectivity index (χ0) is 14.4. The van der Waals surface area contributed by atoms with E-state index in [-0.39, 0.29) is 11.3 Å². The van der Waals surface area contributed by atoms with Crippen molar-refractivity contribution in [3.63, 3.8) is 0 Å². The van der Waals surface area contributed by atoms with Crippen molar-refractivity contribution in [2.24, 2.45) is 0 Å². The number of carbonyl (C=O) groups is 2. The first kappa shape index (κ1) is 14.8. The predicted molar refractivity (Wildman–Crippen MR) is 65.0 cm³/mol. The fraction of sp³-hybridized carbons (Fsp3) is 0.333. The Kier molecular flexibility index (Phi) is 5.13. The number of esters is 1. The molecule has 0 bridgehead atoms. The van der Waals surface area contributed by atoms with Crippen LogP contribution in [-0.2, 0) is 9.53 Å². The minimum Gasteiger partial charge on any atom is -0.507 e. The quantitative estimate of drug-likeness (QED) is 0.632. The third-order valence-electron chi connectivity index (χ3n) is 2.42. The molecule has 0 aliphatic rings. The van der Waals surface area contributed by atoms with E-state index < -0.39 is 24.5 Å². The molecule has 0 spiro atoms. The smallest absolute Gasteiger partial charge is 0.330 e. The summed E-state index contributed by atoms with van der Waals surface area (Å²) in [5, 5.41) is 20.8. The molecule has 0 aromatic heterocycles. The molecule has 1 rings (SSSR count). The lowest BCUT2D eigenvalue weighted by Gasteiger charge is -2.14. The van der Waals surface area contributed by atoms with Gasteiger partial charge in [-0.25, -0.2) is 4.79 Å². The SMILES string of the molecule is COC(=O)C(CO)NC(=O)c1cc(OC)ccc1O. The molecule has 1 aromatic carbocycles. The maximum Gasteiger partial charge on any atom is 0.330 e. The van der Waals surface area contributed by atoms with E-state index in [0.717, 1.165) is 7.11 Å². The Hall–Kier alpha value is -2.28. The molecule has 0 saturated carbocycles. The Morgan fingerprint density at radius 3 is 2.58 bits per heavy atom. The van der Waals surface area contributed by atoms with Crippen LogP contribution in [0.2, 0.25) is 0 Å². The van der Waals surface area contributed by atoms with E-state index in [0.29, 0.717) is 5.75 Å². The Morgan fingerprint density at radius 1 is 1.37 bits per heavy atom. The second kappa shape index (κ2) is 6.60. The van der Waals surface area contributed by atoms with Crippen molar-refractivity contribution in [1.29, 1.82) is 0 Å². The zero-order valence-electron chi connectivity index (χ0n) is 10.5. The maximum absolute atomic E-state index is 11.9. The largest absolute Gasteiger partial charge is 0.507 e. The van der Waals surface area contributed by atoms with Crippen LogP contribution >= 0.6 is 0 Å². The number of aliphatic hydroxyl groups excluding tert-OH is 1. The average molecular weight is 269 g/mol. The zero-order valence-corrected chi connectivity index (χ0v) is 10.5. The lowest BCUT2D eigenvalue weighted by atomic mass is 10.1. The first-order chi connectivity index (χ1) is 9.03. The minimum absolute atomic E-state index is 0.0679. The summed E-state index contributed by atoms with van der Waals surface area (Å²) in [6.45, 7) is -0.608. The van der Waals surface area contributed by atoms with Crippen molar-refractivity contribution in [1.82, 2.24) is 5.32 Å². The predicted octanol–water partition coefficient (Wildman–Crippen LogP) is -0.336. The van der Waals surface area contributed by atoms with Crippen LogP contribution in [-0.4, -0.2) is 49.0 Å². The van der Waals surface area contributed by atoms with Crippen molar-refractivity contribution in [2.75, 3.05) is 20.8 Å². The van der Waals surface area contributed by atoms with Crippen molar-refractivity contribution in [3.8, 4) is 11.5 Å². The van der Waals surface area contributed by atoms with Gasteiger partial charge in [0.25, 0.3) is 5.91 Å². The van der Waals surface area contributed by atoms with Crippen LogP contribution in [0.5, 0.6) is 11.5 Å². The summed E-state index contributed by atoms with van der Waals surface area (Å²) in [6.07, 6.45) is 0. The second-order valence-electron chi connectivity index (χ2n) is 3.61. The lowest BCUT2D eigenvalue weighted by molar-refractivity contribution is -0.143. The number of hydrogen-bond acceptors (Lipinski definition) is 6. The van der Waals surface area contributed by atoms with E-state index in [2.05, 4.69) is 10.1 Å². The number of ether oxygens (including phenoxy) is 2. The van der Waals surface area contributed by atoms with Gasteiger partial charge in [-0.1, -0.05) is 0 Å². The molecule has 0 radical (unpaired) electrons. The number of benzene rings is 1. The highest BCUT2D eigenvalue weighted by Gasteiger charge is 2.22. The number of aromatic hydroxyl groups is 1. The summed E-state index contributed by atoms with van der Waals surface area (Å²) in [5.74, 6) is -1.39. The van der Waals surface area contributed by atoms with E-state index >= 15 is 0 Å². The number of phenolic OH excluding ortho intramolecular Hbond substituents is 1. The molecule has 1 unspecified atom stereocenters. The summed E-state index contributed by atoms with van der Waals surface area (Å²) in [7, 11) is 2.55. The Labute approximate surface area is 109 Å². The molecule has 1 aromatic rings. The fourth-order valence-corrected chi connectivity index (χ4v) is 1.38. The van der Waals surface area contributed by atoms with E-state index in [4.69, 9.17) is 9.84 Å². The van der Waals surface area contributed by atoms with Gasteiger partial charge in [-0.15, -0.1) is 0 Å². The minimum atomic E-state index is -1.19. The molecule has 0 aliphatic carbocycles. The highest BCUT2D eigenvalue weighted by molar-refractivity contribution is 5.99. The van der Waals surface area contributed by atoms with Gasteiger partial charge in [0.2, 0.25) is 0 Å². The molecule has 1 atom stereocenters. The molecule has 0 fully saturated rings. The number of aliphatic hydroxyl groups is 1. The van der Waals surface area contributed by atoms with Crippen LogP contribution < -0.4 is 10.1 Å². The first-order valence-electron chi connectivity index (χ1n) is 5.40. The summed E-state index contributed by atoms with van der Waals surface area (Å²) >= 11 is 0. The Balaban J connectivity index is 2.91. The second-order valence-corrected chi connectivity index (χ2v) is 3.61. The molecule has 3 N–H and O–H groups in total. The highest BCUT2D eigenvalue weighted by atomic mass is 16.5. The Bertz CT molecular complexity index is 473. The van der Waals surface area contributed by atoms with Gasteiger partial charge in [-0.2, -0.15) is 0 Å². The number of phenols is 1. The number of carbonyl (C=O) groups excluding carboxylic acids is 2. The fourth-order valence-electron chi connectivity index (χ4n) is 1.38. The summed E-state index contributed by atoms with van der Waals surface area (Å²) < 4.78 is 9.34. The maximum atomic E-state index is 11.9. The van der Waals surface area contributed by atoms with Gasteiger partial charge in [0, 0.05) is 0 Å². The monoisotopic (exact) mass is 269 g/mol. The summed E-state index contributed by atoms with van der Waals surface area (Å²) in [5.41, 5.74) is -0.0679. The highest BCUT2D eigenvalue weighted by Crippen LogP contribution is 2.22. The molecule has 0 heterocycles. The van der Waals surface area contributed by atoms with Crippen LogP contribution in [0.25, 0.3) is 0 Å². The van der Waals surface area contributed by atoms with Gasteiger partial charge in [-0.05, 0) is 18.2 Å². The standard InChI is InChI=1S/C12H15NO6/c1-18-7-3-4-10(15)8(5-7)11(16)13-9(6-14)12(17)19-2/h3-5,9,14-15H,6H2,1-2H3,(H,13,16). The summed E-state index contributed by atoms with van der Waals surface area (Å²) in [6, 6.07) is 2.90. The lowest BCUT2D eigenvalue weighted by Crippen LogP contribution is -2.44. The van der Waals surface area contributed by atoms with Crippen molar-refractivity contribution in [2.45, 2.75) is 6.04 Å². The molecule has 104 valence electrons. The van der Waals surface area contributed by atoms with E-state index in [9.17, 15) is 14.7 Å². The van der Waals surface area contributed by atoms with Crippen LogP contribution in [0.15, 0.2) is 18.2 Å². The van der Waals surface area contributed by atoms with Gasteiger partial charge >= 0.3 is 5.97 Å². The number of methoxy groups -OCH3 is 2. The number of hydrogen-bond donors (Lipinski definition) is 3. The topological polar surface area (TPSA) is 105 Å². The van der Waals surface area contributed by atoms with Crippen molar-refractivity contribution in [3.05, 3.63) is 23.8 Å². The van der Waals surface area contributed by atoms with E-state index in [1.807, 2.05) is 0 Å². The molecule has 0 aliphatic heterocycles. The first-order valence-corrected chi connectivity index (χ1v) is 5.40. The molecule has 7 heteroatoms. The van der Waals surface area contributed by atoms with Gasteiger partial charge in [0.1, 0.15) is 11.5 Å². The third-order valence-corrected chi connectivity index (χ3v) is 2.42. The molecule has 19 heavy (non-hydrogen) atoms. The Morgan fingerprint density at radius 2 is 2.05 bits per heavy atom. The van der Waals surface area contributed by atoms with Crippen LogP contribution in [0.1, 0.15) is 10.4 Å². The van der Waals surface area contributed by atoms with Gasteiger partial charge < -0.3 is 25.0 Å². The number of rotatable bonds is 5. The normalized spacial score (nSPS) is 11.5. The summed E-state index contributed by atoms with van der Waals surface area (Å²) in [4.78, 5) is 23.1. The average Bonchev–Trinajstić information content (AvgIpc) is 2.44. The molecular formula is C12H15NO6. The molecule has 0 saturated heterocycles. The molecule has 1 amide bonds. The van der Waals surface area contributed by atoms with E-state index in [1.165, 1.54) is 25.3 Å². The van der Waals surface area contributed by atoms with E-state index in [1.54, 1.807) is 0 Å². The van der Waals surface area contributed by atoms with Crippen molar-refractivity contribution < 1.29 is 29.3 Å².